The highest BCUT2D eigenvalue weighted by Crippen LogP contribution is 2.18. The van der Waals surface area contributed by atoms with E-state index in [9.17, 15) is 4.79 Å². The first-order valence-corrected chi connectivity index (χ1v) is 5.33. The van der Waals surface area contributed by atoms with E-state index in [4.69, 9.17) is 5.73 Å². The number of aromatic amines is 1. The molecule has 0 saturated carbocycles. The van der Waals surface area contributed by atoms with Crippen molar-refractivity contribution in [2.24, 2.45) is 5.73 Å². The fourth-order valence-corrected chi connectivity index (χ4v) is 1.41. The van der Waals surface area contributed by atoms with Gasteiger partial charge in [0.25, 0.3) is 0 Å². The Bertz CT molecular complexity index is 488. The average molecular weight is 230 g/mol. The van der Waals surface area contributed by atoms with Gasteiger partial charge in [0.1, 0.15) is 0 Å². The summed E-state index contributed by atoms with van der Waals surface area (Å²) in [7, 11) is 0. The van der Waals surface area contributed by atoms with Gasteiger partial charge in [0.2, 0.25) is 5.91 Å². The van der Waals surface area contributed by atoms with Crippen LogP contribution in [0.3, 0.4) is 0 Å². The molecule has 0 spiro atoms. The average Bonchev–Trinajstić information content (AvgIpc) is 2.83. The lowest BCUT2D eigenvalue weighted by Crippen LogP contribution is -2.32. The lowest BCUT2D eigenvalue weighted by molar-refractivity contribution is -0.117. The minimum absolute atomic E-state index is 0.195. The predicted octanol–water partition coefficient (Wildman–Crippen LogP) is 1.36. The van der Waals surface area contributed by atoms with Gasteiger partial charge in [-0.3, -0.25) is 9.89 Å². The van der Waals surface area contributed by atoms with Gasteiger partial charge in [-0.05, 0) is 30.7 Å². The number of nitrogens with one attached hydrogen (secondary N) is 2. The van der Waals surface area contributed by atoms with Gasteiger partial charge in [0.15, 0.2) is 0 Å². The van der Waals surface area contributed by atoms with Crippen molar-refractivity contribution in [2.75, 3.05) is 5.32 Å². The number of carbonyl (C=O) groups excluding carboxylic acids is 1. The zero-order chi connectivity index (χ0) is 12.3. The van der Waals surface area contributed by atoms with E-state index in [-0.39, 0.29) is 5.91 Å². The number of anilines is 1. The zero-order valence-electron chi connectivity index (χ0n) is 9.47. The number of aromatic nitrogens is 2. The number of hydrogen-bond donors (Lipinski definition) is 3. The molecule has 5 nitrogen and oxygen atoms in total. The Labute approximate surface area is 99.0 Å². The van der Waals surface area contributed by atoms with Crippen LogP contribution in [-0.2, 0) is 4.79 Å². The second-order valence-corrected chi connectivity index (χ2v) is 3.83. The first-order valence-electron chi connectivity index (χ1n) is 5.33. The van der Waals surface area contributed by atoms with Gasteiger partial charge in [0.05, 0.1) is 11.7 Å². The molecule has 1 aromatic heterocycles. The van der Waals surface area contributed by atoms with E-state index < -0.39 is 6.04 Å². The molecule has 0 bridgehead atoms. The lowest BCUT2D eigenvalue weighted by atomic mass is 10.1. The number of benzene rings is 1. The molecule has 0 saturated heterocycles. The number of rotatable bonds is 3. The third-order valence-corrected chi connectivity index (χ3v) is 2.38. The summed E-state index contributed by atoms with van der Waals surface area (Å²) in [5.74, 6) is -0.195. The smallest absolute Gasteiger partial charge is 0.240 e. The number of H-pyrrole nitrogens is 1. The van der Waals surface area contributed by atoms with Crippen LogP contribution in [0.5, 0.6) is 0 Å². The summed E-state index contributed by atoms with van der Waals surface area (Å²) in [5, 5.41) is 9.48. The summed E-state index contributed by atoms with van der Waals surface area (Å²) in [5.41, 5.74) is 8.15. The topological polar surface area (TPSA) is 83.8 Å². The Morgan fingerprint density at radius 3 is 2.59 bits per heavy atom. The van der Waals surface area contributed by atoms with Crippen molar-refractivity contribution in [3.63, 3.8) is 0 Å². The van der Waals surface area contributed by atoms with Crippen molar-refractivity contribution in [3.8, 4) is 11.3 Å². The monoisotopic (exact) mass is 230 g/mol. The minimum Gasteiger partial charge on any atom is -0.325 e. The molecular formula is C12H14N4O. The minimum atomic E-state index is -0.512. The van der Waals surface area contributed by atoms with Gasteiger partial charge < -0.3 is 11.1 Å². The number of nitrogens with zero attached hydrogens (tertiary/aromatic N) is 1. The van der Waals surface area contributed by atoms with Gasteiger partial charge in [-0.2, -0.15) is 5.10 Å². The van der Waals surface area contributed by atoms with E-state index in [2.05, 4.69) is 15.5 Å². The second-order valence-electron chi connectivity index (χ2n) is 3.83. The number of hydrogen-bond acceptors (Lipinski definition) is 3. The fraction of sp³-hybridized carbons (Fsp3) is 0.167. The number of nitrogens with two attached hydrogens (primary N) is 1. The van der Waals surface area contributed by atoms with Crippen LogP contribution in [0, 0.1) is 0 Å². The predicted molar refractivity (Wildman–Crippen MR) is 66.3 cm³/mol. The molecule has 0 fully saturated rings. The molecular weight excluding hydrogens is 216 g/mol. The highest BCUT2D eigenvalue weighted by Gasteiger charge is 2.07. The molecule has 2 rings (SSSR count). The number of amides is 1. The Hall–Kier alpha value is -2.14. The molecule has 0 aliphatic carbocycles. The third kappa shape index (κ3) is 2.70. The Balaban J connectivity index is 2.11. The van der Waals surface area contributed by atoms with Crippen molar-refractivity contribution in [1.29, 1.82) is 0 Å². The van der Waals surface area contributed by atoms with Crippen molar-refractivity contribution >= 4 is 11.6 Å². The molecule has 1 atom stereocenters. The van der Waals surface area contributed by atoms with E-state index in [0.29, 0.717) is 0 Å². The molecule has 88 valence electrons. The fourth-order valence-electron chi connectivity index (χ4n) is 1.41. The van der Waals surface area contributed by atoms with Crippen LogP contribution in [0.15, 0.2) is 36.5 Å². The molecule has 1 aromatic carbocycles. The van der Waals surface area contributed by atoms with Crippen LogP contribution in [0.4, 0.5) is 5.69 Å². The van der Waals surface area contributed by atoms with Gasteiger partial charge >= 0.3 is 0 Å². The summed E-state index contributed by atoms with van der Waals surface area (Å²) in [6.07, 6.45) is 1.70. The summed E-state index contributed by atoms with van der Waals surface area (Å²) in [4.78, 5) is 11.4. The Morgan fingerprint density at radius 2 is 2.06 bits per heavy atom. The Kier molecular flexibility index (Phi) is 3.20. The van der Waals surface area contributed by atoms with Crippen molar-refractivity contribution < 1.29 is 4.79 Å². The summed E-state index contributed by atoms with van der Waals surface area (Å²) in [6, 6.07) is 8.85. The third-order valence-electron chi connectivity index (χ3n) is 2.38. The van der Waals surface area contributed by atoms with Crippen LogP contribution in [0.25, 0.3) is 11.3 Å². The first kappa shape index (κ1) is 11.3. The summed E-state index contributed by atoms with van der Waals surface area (Å²) < 4.78 is 0. The van der Waals surface area contributed by atoms with E-state index in [1.54, 1.807) is 13.1 Å². The van der Waals surface area contributed by atoms with Crippen LogP contribution >= 0.6 is 0 Å². The SMILES string of the molecule is C[C@@H](N)C(=O)Nc1ccc(-c2ccn[nH]2)cc1. The van der Waals surface area contributed by atoms with Crippen LogP contribution in [0.1, 0.15) is 6.92 Å². The van der Waals surface area contributed by atoms with Gasteiger partial charge in [-0.15, -0.1) is 0 Å². The maximum absolute atomic E-state index is 11.4. The van der Waals surface area contributed by atoms with Gasteiger partial charge in [-0.25, -0.2) is 0 Å². The molecule has 0 unspecified atom stereocenters. The Morgan fingerprint density at radius 1 is 1.35 bits per heavy atom. The standard InChI is InChI=1S/C12H14N4O/c1-8(13)12(17)15-10-4-2-9(3-5-10)11-6-7-14-16-11/h2-8H,13H2,1H3,(H,14,16)(H,15,17)/t8-/m1/s1. The number of carbonyl (C=O) groups is 1. The van der Waals surface area contributed by atoms with Crippen LogP contribution in [0.2, 0.25) is 0 Å². The van der Waals surface area contributed by atoms with E-state index in [1.165, 1.54) is 0 Å². The summed E-state index contributed by atoms with van der Waals surface area (Å²) in [6.45, 7) is 1.65. The zero-order valence-corrected chi connectivity index (χ0v) is 9.47. The van der Waals surface area contributed by atoms with Crippen molar-refractivity contribution in [2.45, 2.75) is 13.0 Å². The van der Waals surface area contributed by atoms with Gasteiger partial charge in [-0.1, -0.05) is 12.1 Å². The molecule has 5 heteroatoms. The molecule has 0 aliphatic heterocycles. The van der Waals surface area contributed by atoms with Crippen LogP contribution in [-0.4, -0.2) is 22.1 Å². The quantitative estimate of drug-likeness (QED) is 0.744. The maximum Gasteiger partial charge on any atom is 0.240 e. The van der Waals surface area contributed by atoms with Crippen molar-refractivity contribution in [1.82, 2.24) is 10.2 Å². The molecule has 17 heavy (non-hydrogen) atoms. The van der Waals surface area contributed by atoms with Gasteiger partial charge in [0, 0.05) is 11.9 Å². The lowest BCUT2D eigenvalue weighted by Gasteiger charge is -2.08. The van der Waals surface area contributed by atoms with E-state index in [0.717, 1.165) is 16.9 Å². The molecule has 0 radical (unpaired) electrons. The normalized spacial score (nSPS) is 12.1. The first-order chi connectivity index (χ1) is 8.16. The summed E-state index contributed by atoms with van der Waals surface area (Å²) >= 11 is 0. The largest absolute Gasteiger partial charge is 0.325 e. The second kappa shape index (κ2) is 4.80. The highest BCUT2D eigenvalue weighted by atomic mass is 16.2. The molecule has 1 amide bonds. The molecule has 0 aliphatic rings. The van der Waals surface area contributed by atoms with Crippen molar-refractivity contribution in [3.05, 3.63) is 36.5 Å². The van der Waals surface area contributed by atoms with E-state index >= 15 is 0 Å². The molecule has 2 aromatic rings. The highest BCUT2D eigenvalue weighted by molar-refractivity contribution is 5.94. The van der Waals surface area contributed by atoms with Crippen LogP contribution < -0.4 is 11.1 Å². The molecule has 4 N–H and O–H groups in total. The van der Waals surface area contributed by atoms with E-state index in [1.807, 2.05) is 30.3 Å². The molecule has 1 heterocycles. The maximum atomic E-state index is 11.4.